The number of nitrogens with zero attached hydrogens (tertiary/aromatic N) is 1. The first-order valence-electron chi connectivity index (χ1n) is 7.74. The molecule has 1 aromatic carbocycles. The highest BCUT2D eigenvalue weighted by atomic mass is 79.9. The molecular formula is C18H13BrNO4S2-. The number of rotatable bonds is 5. The van der Waals surface area contributed by atoms with Crippen LogP contribution in [0, 0.1) is 0 Å². The molecule has 1 atom stereocenters. The third kappa shape index (κ3) is 3.77. The molecule has 1 aliphatic heterocycles. The Morgan fingerprint density at radius 3 is 2.65 bits per heavy atom. The topological polar surface area (TPSA) is 73.6 Å². The molecule has 0 N–H and O–H groups in total. The Balaban J connectivity index is 1.85. The van der Waals surface area contributed by atoms with Crippen molar-refractivity contribution in [2.75, 3.05) is 0 Å². The number of carboxylic acid groups (broad SMARTS) is 1. The second-order valence-corrected chi connectivity index (χ2v) is 8.10. The molecule has 1 fully saturated rings. The number of thioether (sulfide) groups is 1. The fraction of sp³-hybridized carbons (Fsp3) is 0.167. The second-order valence-electron chi connectivity index (χ2n) is 5.50. The zero-order valence-corrected chi connectivity index (χ0v) is 16.8. The molecule has 0 spiro atoms. The summed E-state index contributed by atoms with van der Waals surface area (Å²) in [4.78, 5) is 25.2. The summed E-state index contributed by atoms with van der Waals surface area (Å²) in [7, 11) is 0. The van der Waals surface area contributed by atoms with E-state index in [-0.39, 0.29) is 10.7 Å². The van der Waals surface area contributed by atoms with Gasteiger partial charge in [0.25, 0.3) is 5.91 Å². The summed E-state index contributed by atoms with van der Waals surface area (Å²) < 4.78 is 6.95. The quantitative estimate of drug-likeness (QED) is 0.512. The van der Waals surface area contributed by atoms with E-state index in [1.165, 1.54) is 0 Å². The summed E-state index contributed by atoms with van der Waals surface area (Å²) in [6, 6.07) is 10.1. The molecule has 1 aromatic heterocycles. The van der Waals surface area contributed by atoms with E-state index in [9.17, 15) is 14.7 Å². The minimum absolute atomic E-state index is 0.206. The van der Waals surface area contributed by atoms with Crippen molar-refractivity contribution in [2.45, 2.75) is 19.4 Å². The van der Waals surface area contributed by atoms with Crippen molar-refractivity contribution >= 4 is 62.2 Å². The molecule has 1 aliphatic rings. The second kappa shape index (κ2) is 7.77. The molecule has 1 amide bonds. The fourth-order valence-electron chi connectivity index (χ4n) is 2.53. The summed E-state index contributed by atoms with van der Waals surface area (Å²) in [6.45, 7) is 1.67. The van der Waals surface area contributed by atoms with Gasteiger partial charge in [-0.1, -0.05) is 59.0 Å². The molecule has 26 heavy (non-hydrogen) atoms. The largest absolute Gasteiger partial charge is 0.548 e. The molecule has 2 aromatic rings. The van der Waals surface area contributed by atoms with Gasteiger partial charge in [0.2, 0.25) is 0 Å². The van der Waals surface area contributed by atoms with Crippen LogP contribution in [0.4, 0.5) is 0 Å². The molecule has 1 unspecified atom stereocenters. The van der Waals surface area contributed by atoms with Crippen molar-refractivity contribution in [1.29, 1.82) is 0 Å². The van der Waals surface area contributed by atoms with Crippen LogP contribution in [0.5, 0.6) is 0 Å². The maximum Gasteiger partial charge on any atom is 0.266 e. The molecule has 0 bridgehead atoms. The first-order chi connectivity index (χ1) is 12.4. The van der Waals surface area contributed by atoms with Gasteiger partial charge in [-0.25, -0.2) is 0 Å². The Morgan fingerprint density at radius 1 is 1.35 bits per heavy atom. The van der Waals surface area contributed by atoms with Gasteiger partial charge in [-0.15, -0.1) is 0 Å². The first-order valence-corrected chi connectivity index (χ1v) is 9.76. The number of halogens is 1. The highest BCUT2D eigenvalue weighted by Gasteiger charge is 2.37. The number of carbonyl (C=O) groups excluding carboxylic acids is 2. The van der Waals surface area contributed by atoms with Gasteiger partial charge in [-0.05, 0) is 30.7 Å². The molecule has 8 heteroatoms. The average Bonchev–Trinajstić information content (AvgIpc) is 3.16. The van der Waals surface area contributed by atoms with Gasteiger partial charge in [0.1, 0.15) is 15.8 Å². The molecule has 134 valence electrons. The number of carbonyl (C=O) groups is 2. The zero-order valence-electron chi connectivity index (χ0n) is 13.6. The summed E-state index contributed by atoms with van der Waals surface area (Å²) >= 11 is 9.61. The number of hydrogen-bond donors (Lipinski definition) is 0. The number of aliphatic carboxylic acids is 1. The van der Waals surface area contributed by atoms with Crippen molar-refractivity contribution in [3.8, 4) is 11.3 Å². The van der Waals surface area contributed by atoms with E-state index in [2.05, 4.69) is 15.9 Å². The molecule has 2 heterocycles. The summed E-state index contributed by atoms with van der Waals surface area (Å²) in [5, 5.41) is 11.2. The van der Waals surface area contributed by atoms with Crippen molar-refractivity contribution in [3.63, 3.8) is 0 Å². The van der Waals surface area contributed by atoms with Crippen molar-refractivity contribution in [2.24, 2.45) is 0 Å². The summed E-state index contributed by atoms with van der Waals surface area (Å²) in [5.74, 6) is -0.608. The lowest BCUT2D eigenvalue weighted by atomic mass is 10.2. The van der Waals surface area contributed by atoms with Crippen LogP contribution in [0.1, 0.15) is 19.1 Å². The zero-order chi connectivity index (χ0) is 18.8. The third-order valence-corrected chi connectivity index (χ3v) is 5.68. The van der Waals surface area contributed by atoms with Crippen molar-refractivity contribution < 1.29 is 19.1 Å². The molecule has 0 aliphatic carbocycles. The lowest BCUT2D eigenvalue weighted by Gasteiger charge is -2.26. The predicted molar refractivity (Wildman–Crippen MR) is 106 cm³/mol. The molecular weight excluding hydrogens is 438 g/mol. The standard InChI is InChI=1S/C18H14BrNO4S2/c1-2-13(17(22)23)20-16(21)15(26-18(20)25)9-12-7-8-14(24-12)10-3-5-11(19)6-4-10/h3-9,13H,2H2,1H3,(H,22,23)/p-1. The molecule has 3 rings (SSSR count). The van der Waals surface area contributed by atoms with Crippen LogP contribution >= 0.6 is 39.9 Å². The van der Waals surface area contributed by atoms with E-state index in [0.717, 1.165) is 26.7 Å². The van der Waals surface area contributed by atoms with Crippen LogP contribution in [-0.4, -0.2) is 27.1 Å². The summed E-state index contributed by atoms with van der Waals surface area (Å²) in [6.07, 6.45) is 1.79. The van der Waals surface area contributed by atoms with E-state index >= 15 is 0 Å². The smallest absolute Gasteiger partial charge is 0.266 e. The van der Waals surface area contributed by atoms with Crippen LogP contribution in [0.2, 0.25) is 0 Å². The number of thiocarbonyl (C=S) groups is 1. The maximum absolute atomic E-state index is 12.6. The number of amides is 1. The average molecular weight is 451 g/mol. The summed E-state index contributed by atoms with van der Waals surface area (Å²) in [5.41, 5.74) is 0.906. The number of hydrogen-bond acceptors (Lipinski definition) is 6. The van der Waals surface area contributed by atoms with Crippen LogP contribution in [0.3, 0.4) is 0 Å². The number of carboxylic acids is 1. The minimum Gasteiger partial charge on any atom is -0.548 e. The Kier molecular flexibility index (Phi) is 5.64. The normalized spacial score (nSPS) is 17.2. The Labute approximate surface area is 168 Å². The minimum atomic E-state index is -1.32. The van der Waals surface area contributed by atoms with Gasteiger partial charge in [0.15, 0.2) is 0 Å². The lowest BCUT2D eigenvalue weighted by Crippen LogP contribution is -2.49. The van der Waals surface area contributed by atoms with Gasteiger partial charge < -0.3 is 14.3 Å². The van der Waals surface area contributed by atoms with Crippen molar-refractivity contribution in [3.05, 3.63) is 51.5 Å². The van der Waals surface area contributed by atoms with E-state index in [1.807, 2.05) is 30.3 Å². The maximum atomic E-state index is 12.6. The molecule has 0 saturated carbocycles. The fourth-order valence-corrected chi connectivity index (χ4v) is 4.13. The van der Waals surface area contributed by atoms with E-state index < -0.39 is 17.9 Å². The Bertz CT molecular complexity index is 904. The van der Waals surface area contributed by atoms with Crippen LogP contribution < -0.4 is 5.11 Å². The Morgan fingerprint density at radius 2 is 2.04 bits per heavy atom. The van der Waals surface area contributed by atoms with Gasteiger partial charge >= 0.3 is 0 Å². The van der Waals surface area contributed by atoms with Crippen LogP contribution in [-0.2, 0) is 9.59 Å². The monoisotopic (exact) mass is 450 g/mol. The first kappa shape index (κ1) is 18.9. The highest BCUT2D eigenvalue weighted by Crippen LogP contribution is 2.35. The predicted octanol–water partition coefficient (Wildman–Crippen LogP) is 3.44. The van der Waals surface area contributed by atoms with E-state index in [4.69, 9.17) is 16.6 Å². The number of furan rings is 1. The molecule has 0 radical (unpaired) electrons. The Hall–Kier alpha value is -1.90. The van der Waals surface area contributed by atoms with Gasteiger partial charge in [0.05, 0.1) is 16.9 Å². The third-order valence-electron chi connectivity index (χ3n) is 3.82. The van der Waals surface area contributed by atoms with Gasteiger partial charge in [-0.2, -0.15) is 0 Å². The lowest BCUT2D eigenvalue weighted by molar-refractivity contribution is -0.310. The molecule has 5 nitrogen and oxygen atoms in total. The van der Waals surface area contributed by atoms with Crippen molar-refractivity contribution in [1.82, 2.24) is 4.90 Å². The van der Waals surface area contributed by atoms with Crippen LogP contribution in [0.25, 0.3) is 17.4 Å². The van der Waals surface area contributed by atoms with Gasteiger partial charge in [-0.3, -0.25) is 9.69 Å². The molecule has 1 saturated heterocycles. The van der Waals surface area contributed by atoms with Gasteiger partial charge in [0, 0.05) is 16.1 Å². The van der Waals surface area contributed by atoms with E-state index in [1.54, 1.807) is 19.1 Å². The highest BCUT2D eigenvalue weighted by molar-refractivity contribution is 9.10. The van der Waals surface area contributed by atoms with E-state index in [0.29, 0.717) is 16.4 Å². The number of benzene rings is 1. The SMILES string of the molecule is CCC(C(=O)[O-])N1C(=O)C(=Cc2ccc(-c3ccc(Br)cc3)o2)SC1=S. The van der Waals surface area contributed by atoms with Crippen LogP contribution in [0.15, 0.2) is 50.2 Å².